The van der Waals surface area contributed by atoms with Crippen molar-refractivity contribution in [2.24, 2.45) is 0 Å². The fourth-order valence-electron chi connectivity index (χ4n) is 1.55. The van der Waals surface area contributed by atoms with Gasteiger partial charge < -0.3 is 10.6 Å². The van der Waals surface area contributed by atoms with Gasteiger partial charge in [0.25, 0.3) is 0 Å². The minimum absolute atomic E-state index is 0.0654. The molecule has 0 atom stereocenters. The molecule has 2 aromatic heterocycles. The maximum absolute atomic E-state index is 12.7. The van der Waals surface area contributed by atoms with Gasteiger partial charge in [-0.05, 0) is 28.8 Å². The van der Waals surface area contributed by atoms with E-state index in [-0.39, 0.29) is 11.8 Å². The van der Waals surface area contributed by atoms with Crippen molar-refractivity contribution in [1.82, 2.24) is 9.97 Å². The summed E-state index contributed by atoms with van der Waals surface area (Å²) in [5.74, 6) is 0.0756. The number of hydrogen-bond donors (Lipinski definition) is 2. The number of anilines is 2. The number of nitrogens with zero attached hydrogens (tertiary/aromatic N) is 2. The second-order valence-corrected chi connectivity index (χ2v) is 4.89. The van der Waals surface area contributed by atoms with Crippen LogP contribution in [0, 0.1) is 6.92 Å². The van der Waals surface area contributed by atoms with Crippen LogP contribution in [0.3, 0.4) is 0 Å². The largest absolute Gasteiger partial charge is 0.433 e. The van der Waals surface area contributed by atoms with E-state index in [0.717, 1.165) is 17.2 Å². The molecule has 0 unspecified atom stereocenters. The summed E-state index contributed by atoms with van der Waals surface area (Å²) in [4.78, 5) is 7.37. The van der Waals surface area contributed by atoms with Crippen LogP contribution in [0.4, 0.5) is 24.9 Å². The Morgan fingerprint density at radius 1 is 1.25 bits per heavy atom. The minimum atomic E-state index is -4.50. The molecule has 20 heavy (non-hydrogen) atoms. The molecule has 0 amide bonds. The first-order valence-electron chi connectivity index (χ1n) is 5.79. The molecule has 0 aliphatic heterocycles. The van der Waals surface area contributed by atoms with Crippen molar-refractivity contribution in [1.29, 1.82) is 0 Å². The molecule has 4 nitrogen and oxygen atoms in total. The molecule has 0 fully saturated rings. The molecular weight excluding hydrogens is 289 g/mol. The summed E-state index contributed by atoms with van der Waals surface area (Å²) in [5.41, 5.74) is 1.16. The van der Waals surface area contributed by atoms with Crippen molar-refractivity contribution in [3.8, 4) is 0 Å². The van der Waals surface area contributed by atoms with Crippen LogP contribution >= 0.6 is 11.3 Å². The Bertz CT molecular complexity index is 595. The monoisotopic (exact) mass is 302 g/mol. The molecule has 2 aromatic rings. The lowest BCUT2D eigenvalue weighted by Gasteiger charge is -2.11. The lowest BCUT2D eigenvalue weighted by Crippen LogP contribution is -2.13. The first-order chi connectivity index (χ1) is 9.40. The Balaban J connectivity index is 2.21. The molecule has 0 aromatic carbocycles. The molecule has 0 radical (unpaired) electrons. The van der Waals surface area contributed by atoms with E-state index in [0.29, 0.717) is 6.54 Å². The Morgan fingerprint density at radius 3 is 2.55 bits per heavy atom. The molecule has 0 spiro atoms. The first-order valence-corrected chi connectivity index (χ1v) is 6.74. The van der Waals surface area contributed by atoms with Gasteiger partial charge in [0.1, 0.15) is 5.82 Å². The zero-order valence-corrected chi connectivity index (χ0v) is 11.7. The van der Waals surface area contributed by atoms with E-state index in [4.69, 9.17) is 0 Å². The third-order valence-electron chi connectivity index (χ3n) is 2.66. The van der Waals surface area contributed by atoms with Crippen molar-refractivity contribution in [2.75, 3.05) is 17.7 Å². The highest BCUT2D eigenvalue weighted by atomic mass is 32.1. The predicted molar refractivity (Wildman–Crippen MR) is 73.0 cm³/mol. The number of aromatic nitrogens is 2. The van der Waals surface area contributed by atoms with Crippen molar-refractivity contribution in [2.45, 2.75) is 19.6 Å². The third-order valence-corrected chi connectivity index (χ3v) is 3.57. The lowest BCUT2D eigenvalue weighted by molar-refractivity contribution is -0.141. The molecule has 0 saturated heterocycles. The van der Waals surface area contributed by atoms with Gasteiger partial charge in [-0.2, -0.15) is 29.5 Å². The number of rotatable bonds is 4. The summed E-state index contributed by atoms with van der Waals surface area (Å²) in [6.07, 6.45) is -4.50. The third kappa shape index (κ3) is 3.38. The number of thiophene rings is 1. The minimum Gasteiger partial charge on any atom is -0.366 e. The van der Waals surface area contributed by atoms with Crippen LogP contribution in [0.1, 0.15) is 16.8 Å². The van der Waals surface area contributed by atoms with Gasteiger partial charge in [0.15, 0.2) is 5.69 Å². The maximum Gasteiger partial charge on any atom is 0.433 e. The summed E-state index contributed by atoms with van der Waals surface area (Å²) in [7, 11) is 1.47. The predicted octanol–water partition coefficient (Wildman–Crippen LogP) is 3.52. The van der Waals surface area contributed by atoms with Crippen LogP contribution in [-0.4, -0.2) is 17.0 Å². The second-order valence-electron chi connectivity index (χ2n) is 4.14. The quantitative estimate of drug-likeness (QED) is 0.907. The normalized spacial score (nSPS) is 11.4. The van der Waals surface area contributed by atoms with Gasteiger partial charge in [0, 0.05) is 19.7 Å². The van der Waals surface area contributed by atoms with Crippen LogP contribution in [0.15, 0.2) is 16.8 Å². The molecule has 0 saturated carbocycles. The van der Waals surface area contributed by atoms with Crippen molar-refractivity contribution in [3.05, 3.63) is 33.6 Å². The lowest BCUT2D eigenvalue weighted by atomic mass is 10.2. The van der Waals surface area contributed by atoms with Crippen LogP contribution in [0.25, 0.3) is 0 Å². The average molecular weight is 302 g/mol. The fourth-order valence-corrected chi connectivity index (χ4v) is 2.41. The van der Waals surface area contributed by atoms with Crippen LogP contribution in [-0.2, 0) is 12.7 Å². The van der Waals surface area contributed by atoms with E-state index in [1.807, 2.05) is 17.7 Å². The van der Waals surface area contributed by atoms with Crippen LogP contribution < -0.4 is 10.6 Å². The molecule has 2 N–H and O–H groups in total. The number of alkyl halides is 3. The summed E-state index contributed by atoms with van der Waals surface area (Å²) < 4.78 is 38.2. The van der Waals surface area contributed by atoms with E-state index in [2.05, 4.69) is 20.6 Å². The maximum atomic E-state index is 12.7. The van der Waals surface area contributed by atoms with Gasteiger partial charge in [-0.15, -0.1) is 0 Å². The molecule has 0 aliphatic carbocycles. The molecule has 0 aliphatic rings. The smallest absolute Gasteiger partial charge is 0.366 e. The SMILES string of the molecule is CNc1nc(NCc2cscc2C)cc(C(F)(F)F)n1. The van der Waals surface area contributed by atoms with Crippen LogP contribution in [0.5, 0.6) is 0 Å². The topological polar surface area (TPSA) is 49.8 Å². The Morgan fingerprint density at radius 2 is 2.00 bits per heavy atom. The van der Waals surface area contributed by atoms with Crippen molar-refractivity contribution >= 4 is 23.1 Å². The zero-order chi connectivity index (χ0) is 14.8. The summed E-state index contributed by atoms with van der Waals surface area (Å²) in [6.45, 7) is 2.38. The van der Waals surface area contributed by atoms with Gasteiger partial charge >= 0.3 is 6.18 Å². The Hall–Kier alpha value is -1.83. The highest BCUT2D eigenvalue weighted by Gasteiger charge is 2.33. The van der Waals surface area contributed by atoms with E-state index in [9.17, 15) is 13.2 Å². The highest BCUT2D eigenvalue weighted by Crippen LogP contribution is 2.29. The first kappa shape index (κ1) is 14.6. The molecule has 8 heteroatoms. The Labute approximate surface area is 118 Å². The molecule has 108 valence electrons. The summed E-state index contributed by atoms with van der Waals surface area (Å²) in [5, 5.41) is 9.35. The van der Waals surface area contributed by atoms with E-state index >= 15 is 0 Å². The van der Waals surface area contributed by atoms with E-state index in [1.165, 1.54) is 7.05 Å². The van der Waals surface area contributed by atoms with Crippen LogP contribution in [0.2, 0.25) is 0 Å². The fraction of sp³-hybridized carbons (Fsp3) is 0.333. The van der Waals surface area contributed by atoms with Crippen molar-refractivity contribution < 1.29 is 13.2 Å². The average Bonchev–Trinajstić information content (AvgIpc) is 2.80. The Kier molecular flexibility index (Phi) is 4.12. The number of aryl methyl sites for hydroxylation is 1. The van der Waals surface area contributed by atoms with Gasteiger partial charge in [-0.3, -0.25) is 0 Å². The number of hydrogen-bond acceptors (Lipinski definition) is 5. The van der Waals surface area contributed by atoms with Gasteiger partial charge in [-0.25, -0.2) is 4.98 Å². The van der Waals surface area contributed by atoms with E-state index in [1.54, 1.807) is 11.3 Å². The van der Waals surface area contributed by atoms with Crippen molar-refractivity contribution in [3.63, 3.8) is 0 Å². The highest BCUT2D eigenvalue weighted by molar-refractivity contribution is 7.08. The summed E-state index contributed by atoms with van der Waals surface area (Å²) in [6, 6.07) is 0.905. The number of halogens is 3. The summed E-state index contributed by atoms with van der Waals surface area (Å²) >= 11 is 1.55. The molecular formula is C12H13F3N4S. The van der Waals surface area contributed by atoms with E-state index < -0.39 is 11.9 Å². The van der Waals surface area contributed by atoms with Gasteiger partial charge in [0.05, 0.1) is 0 Å². The molecule has 0 bridgehead atoms. The zero-order valence-electron chi connectivity index (χ0n) is 10.9. The van der Waals surface area contributed by atoms with Gasteiger partial charge in [0.2, 0.25) is 5.95 Å². The standard InChI is InChI=1S/C12H13F3N4S/c1-7-5-20-6-8(7)4-17-10-3-9(12(13,14)15)18-11(16-2)19-10/h3,5-6H,4H2,1-2H3,(H2,16,17,18,19). The molecule has 2 heterocycles. The molecule has 2 rings (SSSR count). The number of nitrogens with one attached hydrogen (secondary N) is 2. The van der Waals surface area contributed by atoms with Gasteiger partial charge in [-0.1, -0.05) is 0 Å². The second kappa shape index (κ2) is 5.66.